The summed E-state index contributed by atoms with van der Waals surface area (Å²) in [5.41, 5.74) is 0. The quantitative estimate of drug-likeness (QED) is 0.909. The number of hydrogen-bond donors (Lipinski definition) is 1. The fraction of sp³-hybridized carbons (Fsp3) is 0.667. The van der Waals surface area contributed by atoms with E-state index in [1.54, 1.807) is 6.07 Å². The molecule has 1 saturated heterocycles. The van der Waals surface area contributed by atoms with Crippen molar-refractivity contribution in [2.75, 3.05) is 13.1 Å². The zero-order valence-corrected chi connectivity index (χ0v) is 12.9. The van der Waals surface area contributed by atoms with E-state index in [1.165, 1.54) is 0 Å². The number of amides is 1. The van der Waals surface area contributed by atoms with E-state index >= 15 is 0 Å². The first-order chi connectivity index (χ1) is 9.63. The van der Waals surface area contributed by atoms with Gasteiger partial charge in [0.1, 0.15) is 5.76 Å². The average Bonchev–Trinajstić information content (AvgIpc) is 2.89. The Kier molecular flexibility index (Phi) is 5.49. The van der Waals surface area contributed by atoms with Crippen LogP contribution < -0.4 is 5.32 Å². The summed E-state index contributed by atoms with van der Waals surface area (Å²) in [5.74, 6) is 1.63. The number of piperidine rings is 1. The molecule has 112 valence electrons. The van der Waals surface area contributed by atoms with Gasteiger partial charge in [-0.3, -0.25) is 4.79 Å². The van der Waals surface area contributed by atoms with E-state index < -0.39 is 0 Å². The third-order valence-electron chi connectivity index (χ3n) is 4.08. The third kappa shape index (κ3) is 3.76. The number of carbonyl (C=O) groups is 1. The Morgan fingerprint density at radius 3 is 2.90 bits per heavy atom. The maximum absolute atomic E-state index is 11.8. The number of rotatable bonds is 5. The Morgan fingerprint density at radius 2 is 2.30 bits per heavy atom. The van der Waals surface area contributed by atoms with Crippen LogP contribution in [0.15, 0.2) is 16.5 Å². The maximum atomic E-state index is 11.8. The predicted octanol–water partition coefficient (Wildman–Crippen LogP) is 3.06. The van der Waals surface area contributed by atoms with Gasteiger partial charge in [-0.25, -0.2) is 0 Å². The van der Waals surface area contributed by atoms with Crippen LogP contribution >= 0.6 is 11.6 Å². The van der Waals surface area contributed by atoms with Gasteiger partial charge in [0.05, 0.1) is 6.54 Å². The molecule has 5 heteroatoms. The predicted molar refractivity (Wildman–Crippen MR) is 79.6 cm³/mol. The molecule has 20 heavy (non-hydrogen) atoms. The summed E-state index contributed by atoms with van der Waals surface area (Å²) in [5, 5.41) is 3.97. The van der Waals surface area contributed by atoms with Crippen molar-refractivity contribution in [3.63, 3.8) is 0 Å². The molecule has 0 saturated carbocycles. The second kappa shape index (κ2) is 7.14. The van der Waals surface area contributed by atoms with E-state index in [2.05, 4.69) is 12.2 Å². The molecule has 2 rings (SSSR count). The number of furan rings is 1. The summed E-state index contributed by atoms with van der Waals surface area (Å²) in [6.45, 7) is 6.51. The van der Waals surface area contributed by atoms with Crippen molar-refractivity contribution in [1.29, 1.82) is 0 Å². The third-order valence-corrected chi connectivity index (χ3v) is 4.28. The number of carbonyl (C=O) groups excluding carboxylic acids is 1. The lowest BCUT2D eigenvalue weighted by atomic mass is 9.89. The largest absolute Gasteiger partial charge is 0.448 e. The molecule has 0 spiro atoms. The highest BCUT2D eigenvalue weighted by atomic mass is 35.5. The van der Waals surface area contributed by atoms with E-state index in [0.29, 0.717) is 30.1 Å². The van der Waals surface area contributed by atoms with Crippen molar-refractivity contribution in [3.05, 3.63) is 23.1 Å². The van der Waals surface area contributed by atoms with Crippen LogP contribution in [0.2, 0.25) is 5.22 Å². The zero-order valence-electron chi connectivity index (χ0n) is 12.2. The number of nitrogens with zero attached hydrogens (tertiary/aromatic N) is 1. The van der Waals surface area contributed by atoms with Gasteiger partial charge in [-0.05, 0) is 36.1 Å². The molecule has 1 aromatic heterocycles. The lowest BCUT2D eigenvalue weighted by Gasteiger charge is -2.38. The smallest absolute Gasteiger partial charge is 0.222 e. The van der Waals surface area contributed by atoms with E-state index in [4.69, 9.17) is 16.0 Å². The molecule has 0 unspecified atom stereocenters. The molecule has 0 bridgehead atoms. The van der Waals surface area contributed by atoms with Crippen LogP contribution in [0.25, 0.3) is 0 Å². The Balaban J connectivity index is 1.87. The molecule has 1 aliphatic heterocycles. The molecule has 0 aromatic carbocycles. The summed E-state index contributed by atoms with van der Waals surface area (Å²) in [4.78, 5) is 13.8. The van der Waals surface area contributed by atoms with E-state index in [0.717, 1.165) is 31.7 Å². The number of likely N-dealkylation sites (tertiary alicyclic amines) is 1. The molecular formula is C15H23ClN2O2. The van der Waals surface area contributed by atoms with Crippen LogP contribution in [0.1, 0.15) is 38.9 Å². The second-order valence-electron chi connectivity index (χ2n) is 5.34. The van der Waals surface area contributed by atoms with Gasteiger partial charge in [0, 0.05) is 25.6 Å². The first-order valence-corrected chi connectivity index (χ1v) is 7.77. The number of halogens is 1. The lowest BCUT2D eigenvalue weighted by Crippen LogP contribution is -2.50. The molecule has 1 fully saturated rings. The van der Waals surface area contributed by atoms with Gasteiger partial charge in [-0.1, -0.05) is 20.3 Å². The monoisotopic (exact) mass is 298 g/mol. The van der Waals surface area contributed by atoms with Crippen LogP contribution in [0.4, 0.5) is 0 Å². The van der Waals surface area contributed by atoms with Gasteiger partial charge in [0.15, 0.2) is 5.22 Å². The molecule has 2 atom stereocenters. The van der Waals surface area contributed by atoms with Crippen LogP contribution in [0.3, 0.4) is 0 Å². The van der Waals surface area contributed by atoms with Crippen LogP contribution in [0.5, 0.6) is 0 Å². The summed E-state index contributed by atoms with van der Waals surface area (Å²) in [7, 11) is 0. The molecule has 1 aliphatic rings. The fourth-order valence-corrected chi connectivity index (χ4v) is 3.01. The minimum absolute atomic E-state index is 0.264. The second-order valence-corrected chi connectivity index (χ2v) is 5.72. The Morgan fingerprint density at radius 1 is 1.50 bits per heavy atom. The van der Waals surface area contributed by atoms with Crippen LogP contribution in [0, 0.1) is 5.92 Å². The molecule has 2 heterocycles. The van der Waals surface area contributed by atoms with Crippen molar-refractivity contribution in [1.82, 2.24) is 10.2 Å². The summed E-state index contributed by atoms with van der Waals surface area (Å²) in [6.07, 6.45) is 2.67. The Labute approximate surface area is 125 Å². The Hall–Kier alpha value is -1.00. The fourth-order valence-electron chi connectivity index (χ4n) is 2.84. The van der Waals surface area contributed by atoms with E-state index in [1.807, 2.05) is 17.9 Å². The SMILES string of the molecule is CCC(=O)N1CC[C@H](NCc2ccc(Cl)o2)[C@@H](CC)C1. The number of hydrogen-bond acceptors (Lipinski definition) is 3. The highest BCUT2D eigenvalue weighted by Crippen LogP contribution is 2.22. The van der Waals surface area contributed by atoms with Crippen molar-refractivity contribution in [2.24, 2.45) is 5.92 Å². The topological polar surface area (TPSA) is 45.5 Å². The molecule has 4 nitrogen and oxygen atoms in total. The zero-order chi connectivity index (χ0) is 14.5. The first kappa shape index (κ1) is 15.4. The summed E-state index contributed by atoms with van der Waals surface area (Å²) >= 11 is 5.77. The van der Waals surface area contributed by atoms with Crippen molar-refractivity contribution >= 4 is 17.5 Å². The van der Waals surface area contributed by atoms with Crippen molar-refractivity contribution in [2.45, 2.75) is 45.7 Å². The lowest BCUT2D eigenvalue weighted by molar-refractivity contribution is -0.133. The van der Waals surface area contributed by atoms with Gasteiger partial charge in [0.25, 0.3) is 0 Å². The molecule has 1 amide bonds. The minimum atomic E-state index is 0.264. The summed E-state index contributed by atoms with van der Waals surface area (Å²) < 4.78 is 5.36. The average molecular weight is 299 g/mol. The molecule has 0 radical (unpaired) electrons. The van der Waals surface area contributed by atoms with E-state index in [-0.39, 0.29) is 5.91 Å². The Bertz CT molecular complexity index is 447. The minimum Gasteiger partial charge on any atom is -0.448 e. The summed E-state index contributed by atoms with van der Waals surface area (Å²) in [6, 6.07) is 4.09. The van der Waals surface area contributed by atoms with Crippen molar-refractivity contribution < 1.29 is 9.21 Å². The molecule has 1 aromatic rings. The molecule has 1 N–H and O–H groups in total. The van der Waals surface area contributed by atoms with Gasteiger partial charge in [0.2, 0.25) is 5.91 Å². The highest BCUT2D eigenvalue weighted by molar-refractivity contribution is 6.28. The van der Waals surface area contributed by atoms with Crippen LogP contribution in [-0.2, 0) is 11.3 Å². The van der Waals surface area contributed by atoms with Gasteiger partial charge in [-0.15, -0.1) is 0 Å². The van der Waals surface area contributed by atoms with Gasteiger partial charge in [-0.2, -0.15) is 0 Å². The highest BCUT2D eigenvalue weighted by Gasteiger charge is 2.29. The first-order valence-electron chi connectivity index (χ1n) is 7.39. The van der Waals surface area contributed by atoms with Crippen molar-refractivity contribution in [3.8, 4) is 0 Å². The standard InChI is InChI=1S/C15H23ClN2O2/c1-3-11-10-18(15(19)4-2)8-7-13(11)17-9-12-5-6-14(16)20-12/h5-6,11,13,17H,3-4,7-10H2,1-2H3/t11-,13-/m0/s1. The molecule has 0 aliphatic carbocycles. The van der Waals surface area contributed by atoms with Crippen LogP contribution in [-0.4, -0.2) is 29.9 Å². The van der Waals surface area contributed by atoms with Gasteiger partial charge < -0.3 is 14.6 Å². The number of nitrogens with one attached hydrogen (secondary N) is 1. The normalized spacial score (nSPS) is 23.1. The maximum Gasteiger partial charge on any atom is 0.222 e. The van der Waals surface area contributed by atoms with Gasteiger partial charge >= 0.3 is 0 Å². The van der Waals surface area contributed by atoms with E-state index in [9.17, 15) is 4.79 Å². The molecular weight excluding hydrogens is 276 g/mol.